The van der Waals surface area contributed by atoms with Gasteiger partial charge in [-0.1, -0.05) is 18.6 Å². The van der Waals surface area contributed by atoms with E-state index in [4.69, 9.17) is 0 Å². The van der Waals surface area contributed by atoms with Gasteiger partial charge in [0, 0.05) is 41.3 Å². The molecule has 1 aromatic carbocycles. The normalized spacial score (nSPS) is 28.5. The van der Waals surface area contributed by atoms with Crippen molar-refractivity contribution in [2.75, 3.05) is 0 Å². The molecule has 3 heterocycles. The Morgan fingerprint density at radius 2 is 1.90 bits per heavy atom. The molecule has 2 aromatic rings. The number of rotatable bonds is 2. The molecule has 3 nitrogen and oxygen atoms in total. The third kappa shape index (κ3) is 2.46. The number of carbonyl (C=O) groups excluding carboxylic acids is 1. The second-order valence-electron chi connectivity index (χ2n) is 6.46. The molecule has 0 spiro atoms. The van der Waals surface area contributed by atoms with E-state index in [1.165, 1.54) is 19.3 Å². The van der Waals surface area contributed by atoms with Gasteiger partial charge in [0.15, 0.2) is 5.78 Å². The lowest BCUT2D eigenvalue weighted by Gasteiger charge is -2.39. The van der Waals surface area contributed by atoms with Gasteiger partial charge in [-0.15, -0.1) is 0 Å². The van der Waals surface area contributed by atoms with E-state index in [0.29, 0.717) is 17.9 Å². The van der Waals surface area contributed by atoms with E-state index in [-0.39, 0.29) is 5.92 Å². The van der Waals surface area contributed by atoms with Crippen LogP contribution >= 0.6 is 0 Å². The molecule has 2 fully saturated rings. The molecular formula is C18H20N2O. The molecule has 0 saturated carbocycles. The summed E-state index contributed by atoms with van der Waals surface area (Å²) in [5.74, 6) is 0.521. The lowest BCUT2D eigenvalue weighted by Crippen LogP contribution is -2.50. The number of nitrogens with one attached hydrogen (secondary N) is 1. The Kier molecular flexibility index (Phi) is 3.23. The van der Waals surface area contributed by atoms with Crippen LogP contribution in [0.15, 0.2) is 36.7 Å². The van der Waals surface area contributed by atoms with Crippen LogP contribution in [0, 0.1) is 5.92 Å². The smallest absolute Gasteiger partial charge is 0.166 e. The average Bonchev–Trinajstić information content (AvgIpc) is 2.53. The highest BCUT2D eigenvalue weighted by Gasteiger charge is 2.34. The molecule has 1 aromatic heterocycles. The lowest BCUT2D eigenvalue weighted by atomic mass is 9.77. The molecule has 21 heavy (non-hydrogen) atoms. The zero-order valence-electron chi connectivity index (χ0n) is 12.1. The average molecular weight is 280 g/mol. The molecule has 108 valence electrons. The van der Waals surface area contributed by atoms with Gasteiger partial charge in [0.05, 0.1) is 0 Å². The SMILES string of the molecule is O=C(c1ccc2cnccc2c1)C1CC2CCCC(C1)N2. The Morgan fingerprint density at radius 1 is 1.10 bits per heavy atom. The van der Waals surface area contributed by atoms with Crippen molar-refractivity contribution < 1.29 is 4.79 Å². The van der Waals surface area contributed by atoms with Gasteiger partial charge >= 0.3 is 0 Å². The first kappa shape index (κ1) is 13.0. The summed E-state index contributed by atoms with van der Waals surface area (Å²) in [5.41, 5.74) is 0.860. The van der Waals surface area contributed by atoms with Gasteiger partial charge in [0.25, 0.3) is 0 Å². The highest BCUT2D eigenvalue weighted by atomic mass is 16.1. The Morgan fingerprint density at radius 3 is 2.71 bits per heavy atom. The van der Waals surface area contributed by atoms with Crippen molar-refractivity contribution in [3.8, 4) is 0 Å². The number of pyridine rings is 1. The second-order valence-corrected chi connectivity index (χ2v) is 6.46. The number of piperidine rings is 2. The maximum absolute atomic E-state index is 12.8. The first-order chi connectivity index (χ1) is 10.3. The molecular weight excluding hydrogens is 260 g/mol. The summed E-state index contributed by atoms with van der Waals surface area (Å²) < 4.78 is 0. The summed E-state index contributed by atoms with van der Waals surface area (Å²) in [5, 5.41) is 5.85. The molecule has 2 unspecified atom stereocenters. The minimum atomic E-state index is 0.195. The van der Waals surface area contributed by atoms with Crippen LogP contribution in [-0.4, -0.2) is 22.9 Å². The van der Waals surface area contributed by atoms with Gasteiger partial charge < -0.3 is 5.32 Å². The molecule has 2 aliphatic heterocycles. The van der Waals surface area contributed by atoms with Gasteiger partial charge in [0.1, 0.15) is 0 Å². The van der Waals surface area contributed by atoms with Crippen LogP contribution in [0.25, 0.3) is 10.8 Å². The van der Waals surface area contributed by atoms with Crippen molar-refractivity contribution in [1.82, 2.24) is 10.3 Å². The fourth-order valence-corrected chi connectivity index (χ4v) is 3.95. The number of carbonyl (C=O) groups is 1. The molecule has 2 bridgehead atoms. The van der Waals surface area contributed by atoms with Gasteiger partial charge in [-0.2, -0.15) is 0 Å². The molecule has 4 rings (SSSR count). The van der Waals surface area contributed by atoms with E-state index in [0.717, 1.165) is 29.2 Å². The maximum Gasteiger partial charge on any atom is 0.166 e. The molecule has 0 radical (unpaired) electrons. The van der Waals surface area contributed by atoms with Crippen LogP contribution < -0.4 is 5.32 Å². The van der Waals surface area contributed by atoms with E-state index in [9.17, 15) is 4.79 Å². The predicted molar refractivity (Wildman–Crippen MR) is 83.4 cm³/mol. The number of hydrogen-bond acceptors (Lipinski definition) is 3. The van der Waals surface area contributed by atoms with Crippen LogP contribution in [-0.2, 0) is 0 Å². The molecule has 1 N–H and O–H groups in total. The Labute approximate surface area is 124 Å². The van der Waals surface area contributed by atoms with E-state index >= 15 is 0 Å². The summed E-state index contributed by atoms with van der Waals surface area (Å²) in [6.07, 6.45) is 9.40. The number of nitrogens with zero attached hydrogens (tertiary/aromatic N) is 1. The van der Waals surface area contributed by atoms with Crippen LogP contribution in [0.5, 0.6) is 0 Å². The van der Waals surface area contributed by atoms with Crippen LogP contribution in [0.2, 0.25) is 0 Å². The molecule has 2 aliphatic rings. The second kappa shape index (κ2) is 5.23. The highest BCUT2D eigenvalue weighted by molar-refractivity contribution is 6.01. The van der Waals surface area contributed by atoms with Crippen LogP contribution in [0.4, 0.5) is 0 Å². The standard InChI is InChI=1S/C18H20N2O/c21-18(15-9-16-2-1-3-17(10-15)20-16)13-4-5-14-11-19-7-6-12(14)8-13/h4-8,11,15-17,20H,1-3,9-10H2. The number of hydrogen-bond donors (Lipinski definition) is 1. The minimum absolute atomic E-state index is 0.195. The number of Topliss-reactive ketones (excluding diaryl/α,β-unsaturated/α-hetero) is 1. The number of ketones is 1. The predicted octanol–water partition coefficient (Wildman–Crippen LogP) is 3.34. The Bertz CT molecular complexity index is 670. The van der Waals surface area contributed by atoms with Gasteiger partial charge in [-0.25, -0.2) is 0 Å². The van der Waals surface area contributed by atoms with Crippen molar-refractivity contribution in [1.29, 1.82) is 0 Å². The summed E-state index contributed by atoms with van der Waals surface area (Å²) in [6, 6.07) is 9.08. The maximum atomic E-state index is 12.8. The zero-order chi connectivity index (χ0) is 14.2. The van der Waals surface area contributed by atoms with Crippen molar-refractivity contribution in [3.05, 3.63) is 42.2 Å². The van der Waals surface area contributed by atoms with E-state index < -0.39 is 0 Å². The number of fused-ring (bicyclic) bond motifs is 3. The fraction of sp³-hybridized carbons (Fsp3) is 0.444. The van der Waals surface area contributed by atoms with Gasteiger partial charge in [-0.3, -0.25) is 9.78 Å². The number of benzene rings is 1. The lowest BCUT2D eigenvalue weighted by molar-refractivity contribution is 0.0825. The third-order valence-electron chi connectivity index (χ3n) is 5.01. The van der Waals surface area contributed by atoms with Crippen molar-refractivity contribution in [3.63, 3.8) is 0 Å². The molecule has 3 heteroatoms. The van der Waals surface area contributed by atoms with E-state index in [1.807, 2.05) is 30.5 Å². The zero-order valence-corrected chi connectivity index (χ0v) is 12.1. The molecule has 2 atom stereocenters. The summed E-state index contributed by atoms with van der Waals surface area (Å²) in [7, 11) is 0. The Hall–Kier alpha value is -1.74. The van der Waals surface area contributed by atoms with Crippen molar-refractivity contribution in [2.45, 2.75) is 44.2 Å². The van der Waals surface area contributed by atoms with Crippen molar-refractivity contribution >= 4 is 16.6 Å². The summed E-state index contributed by atoms with van der Waals surface area (Å²) in [4.78, 5) is 17.0. The highest BCUT2D eigenvalue weighted by Crippen LogP contribution is 2.32. The monoisotopic (exact) mass is 280 g/mol. The van der Waals surface area contributed by atoms with Crippen molar-refractivity contribution in [2.24, 2.45) is 5.92 Å². The van der Waals surface area contributed by atoms with Crippen LogP contribution in [0.3, 0.4) is 0 Å². The Balaban J connectivity index is 1.60. The largest absolute Gasteiger partial charge is 0.311 e. The topological polar surface area (TPSA) is 42.0 Å². The van der Waals surface area contributed by atoms with Crippen LogP contribution in [0.1, 0.15) is 42.5 Å². The molecule has 2 saturated heterocycles. The minimum Gasteiger partial charge on any atom is -0.311 e. The van der Waals surface area contributed by atoms with E-state index in [2.05, 4.69) is 10.3 Å². The fourth-order valence-electron chi connectivity index (χ4n) is 3.95. The summed E-state index contributed by atoms with van der Waals surface area (Å²) in [6.45, 7) is 0. The number of aromatic nitrogens is 1. The first-order valence-electron chi connectivity index (χ1n) is 7.93. The quantitative estimate of drug-likeness (QED) is 0.858. The first-order valence-corrected chi connectivity index (χ1v) is 7.93. The molecule has 0 aliphatic carbocycles. The van der Waals surface area contributed by atoms with E-state index in [1.54, 1.807) is 6.20 Å². The van der Waals surface area contributed by atoms with Gasteiger partial charge in [-0.05, 0) is 43.2 Å². The summed E-state index contributed by atoms with van der Waals surface area (Å²) >= 11 is 0. The molecule has 0 amide bonds. The van der Waals surface area contributed by atoms with Gasteiger partial charge in [0.2, 0.25) is 0 Å². The third-order valence-corrected chi connectivity index (χ3v) is 5.01.